The highest BCUT2D eigenvalue weighted by Gasteiger charge is 2.22. The van der Waals surface area contributed by atoms with Gasteiger partial charge in [0.1, 0.15) is 17.5 Å². The van der Waals surface area contributed by atoms with Crippen LogP contribution in [0.1, 0.15) is 33.5 Å². The Bertz CT molecular complexity index is 427. The van der Waals surface area contributed by atoms with E-state index in [-0.39, 0.29) is 5.41 Å². The lowest BCUT2D eigenvalue weighted by Crippen LogP contribution is -2.37. The van der Waals surface area contributed by atoms with Gasteiger partial charge in [-0.05, 0) is 0 Å². The number of hydrogen-bond donors (Lipinski definition) is 1. The van der Waals surface area contributed by atoms with Crippen LogP contribution >= 0.6 is 11.8 Å². The molecule has 1 fully saturated rings. The van der Waals surface area contributed by atoms with E-state index in [1.165, 1.54) is 0 Å². The molecule has 4 nitrogen and oxygen atoms in total. The monoisotopic (exact) mass is 266 g/mol. The lowest BCUT2D eigenvalue weighted by Gasteiger charge is -2.32. The average Bonchev–Trinajstić information content (AvgIpc) is 2.27. The second kappa shape index (κ2) is 4.96. The van der Waals surface area contributed by atoms with Gasteiger partial charge in [-0.25, -0.2) is 9.97 Å². The van der Waals surface area contributed by atoms with Gasteiger partial charge in [0.15, 0.2) is 0 Å². The van der Waals surface area contributed by atoms with Crippen LogP contribution in [0.4, 0.5) is 11.6 Å². The standard InChI is InChI=1S/C13H22N4S/c1-9-8-17(5-6-18-9)11-7-10(14)15-12(16-11)13(2,3)4/h7,9H,5-6,8H2,1-4H3,(H2,14,15,16). The molecule has 1 atom stereocenters. The second-order valence-corrected chi connectivity index (χ2v) is 7.40. The van der Waals surface area contributed by atoms with E-state index in [2.05, 4.69) is 42.6 Å². The topological polar surface area (TPSA) is 55.0 Å². The van der Waals surface area contributed by atoms with Crippen LogP contribution in [0.3, 0.4) is 0 Å². The van der Waals surface area contributed by atoms with Crippen molar-refractivity contribution in [1.82, 2.24) is 9.97 Å². The molecule has 2 heterocycles. The lowest BCUT2D eigenvalue weighted by atomic mass is 9.96. The third-order valence-corrected chi connectivity index (χ3v) is 4.10. The van der Waals surface area contributed by atoms with Crippen LogP contribution in [-0.4, -0.2) is 34.1 Å². The molecule has 2 rings (SSSR count). The first-order chi connectivity index (χ1) is 8.36. The normalized spacial score (nSPS) is 21.1. The van der Waals surface area contributed by atoms with Crippen molar-refractivity contribution in [2.24, 2.45) is 0 Å². The van der Waals surface area contributed by atoms with Gasteiger partial charge in [-0.3, -0.25) is 0 Å². The van der Waals surface area contributed by atoms with Crippen molar-refractivity contribution >= 4 is 23.4 Å². The Morgan fingerprint density at radius 2 is 2.11 bits per heavy atom. The van der Waals surface area contributed by atoms with E-state index in [0.29, 0.717) is 11.1 Å². The molecule has 1 unspecified atom stereocenters. The quantitative estimate of drug-likeness (QED) is 0.845. The molecule has 2 N–H and O–H groups in total. The van der Waals surface area contributed by atoms with Gasteiger partial charge in [-0.1, -0.05) is 27.7 Å². The van der Waals surface area contributed by atoms with Crippen LogP contribution in [0.15, 0.2) is 6.07 Å². The molecule has 0 radical (unpaired) electrons. The molecule has 0 bridgehead atoms. The van der Waals surface area contributed by atoms with Crippen LogP contribution in [0.5, 0.6) is 0 Å². The molecule has 0 aliphatic carbocycles. The first kappa shape index (κ1) is 13.5. The van der Waals surface area contributed by atoms with Crippen LogP contribution in [-0.2, 0) is 5.41 Å². The van der Waals surface area contributed by atoms with Gasteiger partial charge < -0.3 is 10.6 Å². The van der Waals surface area contributed by atoms with E-state index < -0.39 is 0 Å². The number of nitrogens with zero attached hydrogens (tertiary/aromatic N) is 3. The van der Waals surface area contributed by atoms with Crippen molar-refractivity contribution < 1.29 is 0 Å². The summed E-state index contributed by atoms with van der Waals surface area (Å²) in [5, 5.41) is 0.646. The van der Waals surface area contributed by atoms with Crippen molar-refractivity contribution in [2.45, 2.75) is 38.4 Å². The van der Waals surface area contributed by atoms with E-state index >= 15 is 0 Å². The summed E-state index contributed by atoms with van der Waals surface area (Å²) in [6, 6.07) is 1.89. The highest BCUT2D eigenvalue weighted by atomic mass is 32.2. The fourth-order valence-electron chi connectivity index (χ4n) is 1.98. The van der Waals surface area contributed by atoms with Gasteiger partial charge in [0.2, 0.25) is 0 Å². The second-order valence-electron chi connectivity index (χ2n) is 5.85. The van der Waals surface area contributed by atoms with E-state index in [4.69, 9.17) is 5.73 Å². The molecule has 5 heteroatoms. The van der Waals surface area contributed by atoms with Gasteiger partial charge in [0, 0.05) is 35.6 Å². The predicted molar refractivity (Wildman–Crippen MR) is 79.3 cm³/mol. The SMILES string of the molecule is CC1CN(c2cc(N)nc(C(C)(C)C)n2)CCS1. The van der Waals surface area contributed by atoms with Crippen molar-refractivity contribution in [3.8, 4) is 0 Å². The summed E-state index contributed by atoms with van der Waals surface area (Å²) in [4.78, 5) is 11.4. The summed E-state index contributed by atoms with van der Waals surface area (Å²) >= 11 is 2.01. The van der Waals surface area contributed by atoms with Crippen LogP contribution in [0.2, 0.25) is 0 Å². The maximum Gasteiger partial charge on any atom is 0.138 e. The fourth-order valence-corrected chi connectivity index (χ4v) is 2.99. The number of thioether (sulfide) groups is 1. The summed E-state index contributed by atoms with van der Waals surface area (Å²) in [5.41, 5.74) is 5.85. The minimum absolute atomic E-state index is 0.0692. The highest BCUT2D eigenvalue weighted by molar-refractivity contribution is 8.00. The molecular formula is C13H22N4S. The van der Waals surface area contributed by atoms with Gasteiger partial charge in [-0.15, -0.1) is 0 Å². The molecule has 18 heavy (non-hydrogen) atoms. The summed E-state index contributed by atoms with van der Waals surface area (Å²) in [7, 11) is 0. The molecule has 1 aliphatic heterocycles. The minimum atomic E-state index is -0.0692. The zero-order chi connectivity index (χ0) is 13.3. The lowest BCUT2D eigenvalue weighted by molar-refractivity contribution is 0.545. The first-order valence-corrected chi connectivity index (χ1v) is 7.43. The summed E-state index contributed by atoms with van der Waals surface area (Å²) < 4.78 is 0. The molecule has 1 saturated heterocycles. The molecule has 0 aromatic carbocycles. The van der Waals surface area contributed by atoms with E-state index in [1.54, 1.807) is 0 Å². The highest BCUT2D eigenvalue weighted by Crippen LogP contribution is 2.26. The maximum atomic E-state index is 5.91. The third kappa shape index (κ3) is 3.07. The molecule has 1 aromatic heterocycles. The van der Waals surface area contributed by atoms with Crippen LogP contribution < -0.4 is 10.6 Å². The molecule has 0 amide bonds. The van der Waals surface area contributed by atoms with Crippen molar-refractivity contribution in [3.63, 3.8) is 0 Å². The Balaban J connectivity index is 2.30. The molecular weight excluding hydrogens is 244 g/mol. The largest absolute Gasteiger partial charge is 0.384 e. The average molecular weight is 266 g/mol. The summed E-state index contributed by atoms with van der Waals surface area (Å²) in [6.45, 7) is 10.7. The Hall–Kier alpha value is -0.970. The van der Waals surface area contributed by atoms with Crippen molar-refractivity contribution in [2.75, 3.05) is 29.5 Å². The first-order valence-electron chi connectivity index (χ1n) is 6.38. The molecule has 0 spiro atoms. The van der Waals surface area contributed by atoms with E-state index in [9.17, 15) is 0 Å². The Labute approximate surface area is 113 Å². The number of rotatable bonds is 1. The summed E-state index contributed by atoms with van der Waals surface area (Å²) in [6.07, 6.45) is 0. The zero-order valence-electron chi connectivity index (χ0n) is 11.6. The van der Waals surface area contributed by atoms with Crippen molar-refractivity contribution in [3.05, 3.63) is 11.9 Å². The van der Waals surface area contributed by atoms with Crippen molar-refractivity contribution in [1.29, 1.82) is 0 Å². The minimum Gasteiger partial charge on any atom is -0.384 e. The number of aromatic nitrogens is 2. The van der Waals surface area contributed by atoms with E-state index in [1.807, 2.05) is 17.8 Å². The maximum absolute atomic E-state index is 5.91. The van der Waals surface area contributed by atoms with Crippen LogP contribution in [0, 0.1) is 0 Å². The number of anilines is 2. The molecule has 0 saturated carbocycles. The summed E-state index contributed by atoms with van der Waals surface area (Å²) in [5.74, 6) is 3.51. The smallest absolute Gasteiger partial charge is 0.138 e. The molecule has 1 aromatic rings. The van der Waals surface area contributed by atoms with E-state index in [0.717, 1.165) is 30.5 Å². The Morgan fingerprint density at radius 3 is 2.72 bits per heavy atom. The fraction of sp³-hybridized carbons (Fsp3) is 0.692. The zero-order valence-corrected chi connectivity index (χ0v) is 12.4. The third-order valence-electron chi connectivity index (χ3n) is 2.97. The Morgan fingerprint density at radius 1 is 1.39 bits per heavy atom. The Kier molecular flexibility index (Phi) is 3.71. The molecule has 1 aliphatic rings. The van der Waals surface area contributed by atoms with Gasteiger partial charge in [0.25, 0.3) is 0 Å². The number of nitrogen functional groups attached to an aromatic ring is 1. The van der Waals surface area contributed by atoms with Gasteiger partial charge in [-0.2, -0.15) is 11.8 Å². The van der Waals surface area contributed by atoms with Gasteiger partial charge >= 0.3 is 0 Å². The predicted octanol–water partition coefficient (Wildman–Crippen LogP) is 2.30. The number of hydrogen-bond acceptors (Lipinski definition) is 5. The number of nitrogens with two attached hydrogens (primary N) is 1. The van der Waals surface area contributed by atoms with Crippen LogP contribution in [0.25, 0.3) is 0 Å². The van der Waals surface area contributed by atoms with Gasteiger partial charge in [0.05, 0.1) is 0 Å². The molecule has 100 valence electrons.